The van der Waals surface area contributed by atoms with E-state index in [1.807, 2.05) is 30.2 Å². The maximum absolute atomic E-state index is 12.2. The fraction of sp³-hybridized carbons (Fsp3) is 0.567. The number of carbonyl (C=O) groups is 1. The number of aromatic amines is 1. The number of hydrogen-bond donors (Lipinski definition) is 2. The van der Waals surface area contributed by atoms with E-state index in [-0.39, 0.29) is 5.41 Å². The number of nitrogens with zero attached hydrogens (tertiary/aromatic N) is 6. The molecule has 210 valence electrons. The number of carboxylic acids is 1. The molecule has 0 amide bonds. The molecule has 2 saturated heterocycles. The van der Waals surface area contributed by atoms with Gasteiger partial charge in [0.05, 0.1) is 13.1 Å². The summed E-state index contributed by atoms with van der Waals surface area (Å²) in [5.41, 5.74) is 2.51. The lowest BCUT2D eigenvalue weighted by Crippen LogP contribution is -2.42. The Labute approximate surface area is 231 Å². The molecular weight excluding hydrogens is 490 g/mol. The number of piperidine rings is 1. The zero-order valence-electron chi connectivity index (χ0n) is 23.6. The van der Waals surface area contributed by atoms with Gasteiger partial charge < -0.3 is 19.6 Å². The normalized spacial score (nSPS) is 20.0. The summed E-state index contributed by atoms with van der Waals surface area (Å²) in [7, 11) is 2.02. The quantitative estimate of drug-likeness (QED) is 0.388. The Hall–Kier alpha value is -3.01. The lowest BCUT2D eigenvalue weighted by atomic mass is 9.76. The largest absolute Gasteiger partial charge is 0.480 e. The van der Waals surface area contributed by atoms with E-state index in [1.165, 1.54) is 11.1 Å². The van der Waals surface area contributed by atoms with Crippen LogP contribution in [0.4, 0.5) is 0 Å². The van der Waals surface area contributed by atoms with Crippen molar-refractivity contribution in [1.82, 2.24) is 34.2 Å². The van der Waals surface area contributed by atoms with E-state index >= 15 is 0 Å². The molecular formula is C30H43N7O2. The van der Waals surface area contributed by atoms with Crippen molar-refractivity contribution < 1.29 is 9.90 Å². The average molecular weight is 534 g/mol. The summed E-state index contributed by atoms with van der Waals surface area (Å²) in [6.45, 7) is 11.6. The van der Waals surface area contributed by atoms with E-state index in [0.29, 0.717) is 19.0 Å². The van der Waals surface area contributed by atoms with E-state index in [4.69, 9.17) is 0 Å². The minimum absolute atomic E-state index is 0.133. The highest BCUT2D eigenvalue weighted by Crippen LogP contribution is 2.44. The fourth-order valence-corrected chi connectivity index (χ4v) is 6.40. The molecule has 2 N–H and O–H groups in total. The smallest absolute Gasteiger partial charge is 0.320 e. The van der Waals surface area contributed by atoms with Gasteiger partial charge in [0.2, 0.25) is 0 Å². The van der Waals surface area contributed by atoms with E-state index in [9.17, 15) is 9.90 Å². The molecule has 2 aliphatic rings. The summed E-state index contributed by atoms with van der Waals surface area (Å²) in [5.74, 6) is 1.92. The van der Waals surface area contributed by atoms with Crippen molar-refractivity contribution in [1.29, 1.82) is 0 Å². The number of benzene rings is 1. The number of carboxylic acid groups (broad SMARTS) is 1. The Morgan fingerprint density at radius 3 is 2.46 bits per heavy atom. The second kappa shape index (κ2) is 12.0. The van der Waals surface area contributed by atoms with E-state index in [2.05, 4.69) is 67.8 Å². The van der Waals surface area contributed by atoms with Crippen molar-refractivity contribution in [3.05, 3.63) is 71.8 Å². The molecule has 1 unspecified atom stereocenters. The van der Waals surface area contributed by atoms with Crippen LogP contribution in [0.1, 0.15) is 55.9 Å². The van der Waals surface area contributed by atoms with Crippen LogP contribution in [0.3, 0.4) is 0 Å². The standard InChI is InChI=1S/C30H43N7O2/c1-23(2)17-35-13-8-30(9-14-35)16-26(29(38)39)37(22-30)19-25-6-4-24(5-7-25)18-36(20-27-31-10-11-32-27)21-28-33-12-15-34(28)3/h4-7,10-12,15,23,26H,8-9,13-14,16-22H2,1-3H3,(H,31,32)(H,38,39). The molecule has 39 heavy (non-hydrogen) atoms. The minimum Gasteiger partial charge on any atom is -0.480 e. The fourth-order valence-electron chi connectivity index (χ4n) is 6.40. The zero-order valence-corrected chi connectivity index (χ0v) is 23.6. The Morgan fingerprint density at radius 2 is 1.85 bits per heavy atom. The van der Waals surface area contributed by atoms with Crippen molar-refractivity contribution >= 4 is 5.97 Å². The van der Waals surface area contributed by atoms with Gasteiger partial charge >= 0.3 is 5.97 Å². The monoisotopic (exact) mass is 533 g/mol. The Morgan fingerprint density at radius 1 is 1.10 bits per heavy atom. The number of imidazole rings is 2. The number of hydrogen-bond acceptors (Lipinski definition) is 6. The third kappa shape index (κ3) is 6.96. The number of aliphatic carboxylic acids is 1. The molecule has 2 aromatic heterocycles. The Kier molecular flexibility index (Phi) is 8.49. The van der Waals surface area contributed by atoms with Crippen molar-refractivity contribution in [2.45, 2.75) is 65.3 Å². The third-order valence-corrected chi connectivity index (χ3v) is 8.46. The van der Waals surface area contributed by atoms with Gasteiger partial charge in [-0.2, -0.15) is 0 Å². The molecule has 1 atom stereocenters. The molecule has 1 aromatic carbocycles. The van der Waals surface area contributed by atoms with Gasteiger partial charge in [-0.1, -0.05) is 38.1 Å². The lowest BCUT2D eigenvalue weighted by molar-refractivity contribution is -0.142. The summed E-state index contributed by atoms with van der Waals surface area (Å²) >= 11 is 0. The summed E-state index contributed by atoms with van der Waals surface area (Å²) in [4.78, 5) is 31.4. The third-order valence-electron chi connectivity index (χ3n) is 8.46. The van der Waals surface area contributed by atoms with Gasteiger partial charge in [-0.25, -0.2) is 9.97 Å². The van der Waals surface area contributed by atoms with Gasteiger partial charge in [-0.3, -0.25) is 14.6 Å². The molecule has 2 aliphatic heterocycles. The summed E-state index contributed by atoms with van der Waals surface area (Å²) in [6, 6.07) is 8.28. The number of aryl methyl sites for hydroxylation is 1. The summed E-state index contributed by atoms with van der Waals surface area (Å²) < 4.78 is 2.05. The predicted molar refractivity (Wildman–Crippen MR) is 151 cm³/mol. The predicted octanol–water partition coefficient (Wildman–Crippen LogP) is 3.74. The molecule has 9 nitrogen and oxygen atoms in total. The van der Waals surface area contributed by atoms with Crippen LogP contribution in [0, 0.1) is 11.3 Å². The summed E-state index contributed by atoms with van der Waals surface area (Å²) in [5, 5.41) is 10.0. The molecule has 0 aliphatic carbocycles. The highest BCUT2D eigenvalue weighted by atomic mass is 16.4. The minimum atomic E-state index is -0.684. The van der Waals surface area contributed by atoms with Crippen LogP contribution >= 0.6 is 0 Å². The molecule has 2 fully saturated rings. The van der Waals surface area contributed by atoms with Gasteiger partial charge in [0.15, 0.2) is 0 Å². The molecule has 0 saturated carbocycles. The molecule has 5 rings (SSSR count). The molecule has 9 heteroatoms. The first kappa shape index (κ1) is 27.6. The first-order chi connectivity index (χ1) is 18.8. The van der Waals surface area contributed by atoms with Crippen LogP contribution in [0.25, 0.3) is 0 Å². The van der Waals surface area contributed by atoms with Crippen molar-refractivity contribution in [2.75, 3.05) is 26.2 Å². The number of aromatic nitrogens is 4. The van der Waals surface area contributed by atoms with Crippen LogP contribution in [-0.2, 0) is 38.0 Å². The molecule has 0 radical (unpaired) electrons. The van der Waals surface area contributed by atoms with Crippen LogP contribution in [-0.4, -0.2) is 77.5 Å². The van der Waals surface area contributed by atoms with Gasteiger partial charge in [-0.05, 0) is 54.8 Å². The van der Waals surface area contributed by atoms with E-state index < -0.39 is 12.0 Å². The van der Waals surface area contributed by atoms with Crippen molar-refractivity contribution in [3.63, 3.8) is 0 Å². The SMILES string of the molecule is CC(C)CN1CCC2(CC1)CC(C(=O)O)N(Cc1ccc(CN(Cc3ncc[nH]3)Cc3nccn3C)cc1)C2. The number of H-pyrrole nitrogens is 1. The molecule has 3 aromatic rings. The number of rotatable bonds is 11. The zero-order chi connectivity index (χ0) is 27.4. The van der Waals surface area contributed by atoms with E-state index in [0.717, 1.165) is 70.2 Å². The van der Waals surface area contributed by atoms with Gasteiger partial charge in [0.25, 0.3) is 0 Å². The van der Waals surface area contributed by atoms with E-state index in [1.54, 1.807) is 6.20 Å². The highest BCUT2D eigenvalue weighted by molar-refractivity contribution is 5.74. The average Bonchev–Trinajstić information content (AvgIpc) is 3.63. The first-order valence-electron chi connectivity index (χ1n) is 14.2. The van der Waals surface area contributed by atoms with Crippen molar-refractivity contribution in [3.8, 4) is 0 Å². The number of likely N-dealkylation sites (tertiary alicyclic amines) is 2. The van der Waals surface area contributed by atoms with Gasteiger partial charge in [-0.15, -0.1) is 0 Å². The Balaban J connectivity index is 1.22. The van der Waals surface area contributed by atoms with Gasteiger partial charge in [0.1, 0.15) is 17.7 Å². The second-order valence-electron chi connectivity index (χ2n) is 12.1. The number of nitrogens with one attached hydrogen (secondary N) is 1. The molecule has 1 spiro atoms. The second-order valence-corrected chi connectivity index (χ2v) is 12.1. The van der Waals surface area contributed by atoms with Crippen LogP contribution in [0.5, 0.6) is 0 Å². The maximum atomic E-state index is 12.2. The highest BCUT2D eigenvalue weighted by Gasteiger charge is 2.47. The summed E-state index contributed by atoms with van der Waals surface area (Å²) in [6.07, 6.45) is 10.4. The maximum Gasteiger partial charge on any atom is 0.320 e. The molecule has 0 bridgehead atoms. The first-order valence-corrected chi connectivity index (χ1v) is 14.2. The lowest BCUT2D eigenvalue weighted by Gasteiger charge is -2.40. The van der Waals surface area contributed by atoms with Crippen LogP contribution in [0.2, 0.25) is 0 Å². The van der Waals surface area contributed by atoms with Gasteiger partial charge in [0, 0.05) is 58.0 Å². The molecule has 4 heterocycles. The van der Waals surface area contributed by atoms with Crippen LogP contribution < -0.4 is 0 Å². The van der Waals surface area contributed by atoms with Crippen molar-refractivity contribution in [2.24, 2.45) is 18.4 Å². The Bertz CT molecular complexity index is 1200. The topological polar surface area (TPSA) is 93.5 Å². The van der Waals surface area contributed by atoms with Crippen LogP contribution in [0.15, 0.2) is 49.1 Å².